The third-order valence-corrected chi connectivity index (χ3v) is 6.49. The van der Waals surface area contributed by atoms with Crippen LogP contribution < -0.4 is 11.1 Å². The molecule has 1 aliphatic heterocycles. The fourth-order valence-corrected chi connectivity index (χ4v) is 5.82. The Labute approximate surface area is 154 Å². The third kappa shape index (κ3) is 4.23. The minimum absolute atomic E-state index is 0.0459. The Kier molecular flexibility index (Phi) is 5.49. The SMILES string of the molecule is C[C@@H]1CCc2c(sc(NC(=O)CN3C[C@@H](C)C[C@H](C)C3)c2C(N)=O)C1. The summed E-state index contributed by atoms with van der Waals surface area (Å²) in [7, 11) is 0. The Bertz CT molecular complexity index is 660. The van der Waals surface area contributed by atoms with Gasteiger partial charge in [-0.1, -0.05) is 20.8 Å². The first kappa shape index (κ1) is 18.4. The van der Waals surface area contributed by atoms with Crippen molar-refractivity contribution in [3.63, 3.8) is 0 Å². The molecular weight excluding hydrogens is 334 g/mol. The Balaban J connectivity index is 1.72. The summed E-state index contributed by atoms with van der Waals surface area (Å²) in [6, 6.07) is 0. The lowest BCUT2D eigenvalue weighted by Gasteiger charge is -2.34. The number of thiophene rings is 1. The number of nitrogens with two attached hydrogens (primary N) is 1. The van der Waals surface area contributed by atoms with E-state index in [1.54, 1.807) is 0 Å². The fraction of sp³-hybridized carbons (Fsp3) is 0.684. The van der Waals surface area contributed by atoms with Gasteiger partial charge in [-0.25, -0.2) is 0 Å². The van der Waals surface area contributed by atoms with Crippen molar-refractivity contribution in [2.45, 2.75) is 46.5 Å². The molecule has 0 spiro atoms. The number of piperidine rings is 1. The first-order chi connectivity index (χ1) is 11.8. The minimum Gasteiger partial charge on any atom is -0.365 e. The molecule has 0 saturated carbocycles. The van der Waals surface area contributed by atoms with E-state index in [0.29, 0.717) is 34.9 Å². The number of carbonyl (C=O) groups is 2. The zero-order valence-electron chi connectivity index (χ0n) is 15.4. The first-order valence-electron chi connectivity index (χ1n) is 9.30. The molecule has 0 aromatic carbocycles. The van der Waals surface area contributed by atoms with Crippen molar-refractivity contribution in [1.29, 1.82) is 0 Å². The number of anilines is 1. The lowest BCUT2D eigenvalue weighted by molar-refractivity contribution is -0.117. The molecule has 2 aliphatic rings. The van der Waals surface area contributed by atoms with Crippen LogP contribution in [-0.2, 0) is 17.6 Å². The maximum Gasteiger partial charge on any atom is 0.251 e. The predicted molar refractivity (Wildman–Crippen MR) is 102 cm³/mol. The van der Waals surface area contributed by atoms with Crippen LogP contribution in [0, 0.1) is 17.8 Å². The van der Waals surface area contributed by atoms with Gasteiger partial charge in [-0.2, -0.15) is 0 Å². The highest BCUT2D eigenvalue weighted by Gasteiger charge is 2.28. The number of hydrogen-bond donors (Lipinski definition) is 2. The Morgan fingerprint density at radius 1 is 1.20 bits per heavy atom. The second-order valence-corrected chi connectivity index (χ2v) is 9.21. The van der Waals surface area contributed by atoms with Crippen LogP contribution in [0.25, 0.3) is 0 Å². The number of fused-ring (bicyclic) bond motifs is 1. The number of amides is 2. The van der Waals surface area contributed by atoms with Crippen LogP contribution >= 0.6 is 11.3 Å². The molecule has 138 valence electrons. The van der Waals surface area contributed by atoms with E-state index >= 15 is 0 Å². The molecule has 0 unspecified atom stereocenters. The van der Waals surface area contributed by atoms with Gasteiger partial charge < -0.3 is 11.1 Å². The van der Waals surface area contributed by atoms with Crippen molar-refractivity contribution in [3.8, 4) is 0 Å². The molecule has 1 aromatic heterocycles. The molecule has 5 nitrogen and oxygen atoms in total. The lowest BCUT2D eigenvalue weighted by Crippen LogP contribution is -2.42. The Morgan fingerprint density at radius 2 is 1.88 bits per heavy atom. The lowest BCUT2D eigenvalue weighted by atomic mass is 9.88. The number of primary amides is 1. The average Bonchev–Trinajstić information content (AvgIpc) is 2.82. The van der Waals surface area contributed by atoms with E-state index in [9.17, 15) is 9.59 Å². The van der Waals surface area contributed by atoms with Gasteiger partial charge in [-0.3, -0.25) is 14.5 Å². The largest absolute Gasteiger partial charge is 0.365 e. The number of carbonyl (C=O) groups excluding carboxylic acids is 2. The van der Waals surface area contributed by atoms with Crippen LogP contribution in [0.1, 0.15) is 54.4 Å². The second kappa shape index (κ2) is 7.46. The van der Waals surface area contributed by atoms with E-state index in [4.69, 9.17) is 5.73 Å². The summed E-state index contributed by atoms with van der Waals surface area (Å²) < 4.78 is 0. The summed E-state index contributed by atoms with van der Waals surface area (Å²) in [6.07, 6.45) is 4.14. The average molecular weight is 364 g/mol. The normalized spacial score (nSPS) is 26.9. The van der Waals surface area contributed by atoms with Gasteiger partial charge in [0, 0.05) is 18.0 Å². The molecule has 1 aromatic rings. The highest BCUT2D eigenvalue weighted by Crippen LogP contribution is 2.39. The van der Waals surface area contributed by atoms with Gasteiger partial charge in [0.2, 0.25) is 5.91 Å². The quantitative estimate of drug-likeness (QED) is 0.864. The topological polar surface area (TPSA) is 75.4 Å². The van der Waals surface area contributed by atoms with Gasteiger partial charge in [0.25, 0.3) is 5.91 Å². The van der Waals surface area contributed by atoms with Crippen LogP contribution in [0.15, 0.2) is 0 Å². The molecule has 0 bridgehead atoms. The Hall–Kier alpha value is -1.40. The van der Waals surface area contributed by atoms with Crippen molar-refractivity contribution in [3.05, 3.63) is 16.0 Å². The van der Waals surface area contributed by atoms with Gasteiger partial charge >= 0.3 is 0 Å². The van der Waals surface area contributed by atoms with E-state index < -0.39 is 5.91 Å². The zero-order valence-corrected chi connectivity index (χ0v) is 16.2. The molecule has 3 N–H and O–H groups in total. The summed E-state index contributed by atoms with van der Waals surface area (Å²) in [5, 5.41) is 3.63. The standard InChI is InChI=1S/C19H29N3O2S/c1-11-4-5-14-15(7-11)25-19(17(14)18(20)24)21-16(23)10-22-8-12(2)6-13(3)9-22/h11-13H,4-10H2,1-3H3,(H2,20,24)(H,21,23)/t11-,12+,13+/m1/s1. The van der Waals surface area contributed by atoms with Crippen molar-refractivity contribution >= 4 is 28.2 Å². The molecule has 25 heavy (non-hydrogen) atoms. The molecule has 0 radical (unpaired) electrons. The molecule has 2 amide bonds. The van der Waals surface area contributed by atoms with Gasteiger partial charge in [-0.15, -0.1) is 11.3 Å². The van der Waals surface area contributed by atoms with Gasteiger partial charge in [0.15, 0.2) is 0 Å². The van der Waals surface area contributed by atoms with Crippen LogP contribution in [0.2, 0.25) is 0 Å². The van der Waals surface area contributed by atoms with E-state index in [0.717, 1.165) is 37.9 Å². The molecule has 1 saturated heterocycles. The van der Waals surface area contributed by atoms with Crippen molar-refractivity contribution in [2.24, 2.45) is 23.5 Å². The predicted octanol–water partition coefficient (Wildman–Crippen LogP) is 2.89. The van der Waals surface area contributed by atoms with Crippen LogP contribution in [0.5, 0.6) is 0 Å². The van der Waals surface area contributed by atoms with E-state index in [-0.39, 0.29) is 5.91 Å². The first-order valence-corrected chi connectivity index (χ1v) is 10.1. The summed E-state index contributed by atoms with van der Waals surface area (Å²) >= 11 is 1.53. The van der Waals surface area contributed by atoms with E-state index in [1.807, 2.05) is 0 Å². The van der Waals surface area contributed by atoms with Crippen molar-refractivity contribution in [1.82, 2.24) is 4.90 Å². The fourth-order valence-electron chi connectivity index (χ4n) is 4.39. The summed E-state index contributed by atoms with van der Waals surface area (Å²) in [6.45, 7) is 8.99. The van der Waals surface area contributed by atoms with E-state index in [2.05, 4.69) is 31.0 Å². The van der Waals surface area contributed by atoms with Crippen LogP contribution in [0.3, 0.4) is 0 Å². The third-order valence-electron chi connectivity index (χ3n) is 5.32. The maximum absolute atomic E-state index is 12.5. The monoisotopic (exact) mass is 363 g/mol. The summed E-state index contributed by atoms with van der Waals surface area (Å²) in [5.74, 6) is 1.38. The van der Waals surface area contributed by atoms with Crippen molar-refractivity contribution < 1.29 is 9.59 Å². The number of nitrogens with zero attached hydrogens (tertiary/aromatic N) is 1. The smallest absolute Gasteiger partial charge is 0.251 e. The number of rotatable bonds is 4. The molecule has 2 heterocycles. The van der Waals surface area contributed by atoms with Crippen LogP contribution in [-0.4, -0.2) is 36.3 Å². The Morgan fingerprint density at radius 3 is 2.52 bits per heavy atom. The molecule has 3 rings (SSSR count). The van der Waals surface area contributed by atoms with E-state index in [1.165, 1.54) is 22.6 Å². The molecular formula is C19H29N3O2S. The van der Waals surface area contributed by atoms with Gasteiger partial charge in [0.05, 0.1) is 12.1 Å². The van der Waals surface area contributed by atoms with Gasteiger partial charge in [-0.05, 0) is 49.0 Å². The minimum atomic E-state index is -0.428. The molecule has 6 heteroatoms. The second-order valence-electron chi connectivity index (χ2n) is 8.11. The number of likely N-dealkylation sites (tertiary alicyclic amines) is 1. The molecule has 1 fully saturated rings. The molecule has 1 aliphatic carbocycles. The summed E-state index contributed by atoms with van der Waals surface area (Å²) in [5.41, 5.74) is 7.22. The number of hydrogen-bond acceptors (Lipinski definition) is 4. The highest BCUT2D eigenvalue weighted by molar-refractivity contribution is 7.17. The number of nitrogens with one attached hydrogen (secondary N) is 1. The maximum atomic E-state index is 12.5. The molecule has 3 atom stereocenters. The van der Waals surface area contributed by atoms with Crippen molar-refractivity contribution in [2.75, 3.05) is 25.0 Å². The summed E-state index contributed by atoms with van der Waals surface area (Å²) in [4.78, 5) is 27.9. The highest BCUT2D eigenvalue weighted by atomic mass is 32.1. The van der Waals surface area contributed by atoms with Crippen LogP contribution in [0.4, 0.5) is 5.00 Å². The van der Waals surface area contributed by atoms with Gasteiger partial charge in [0.1, 0.15) is 5.00 Å². The zero-order chi connectivity index (χ0) is 18.1.